The van der Waals surface area contributed by atoms with E-state index in [9.17, 15) is 8.42 Å². The Kier molecular flexibility index (Phi) is 5.28. The van der Waals surface area contributed by atoms with Gasteiger partial charge in [-0.1, -0.05) is 6.92 Å². The van der Waals surface area contributed by atoms with Gasteiger partial charge in [0, 0.05) is 16.8 Å². The molecular weight excluding hydrogens is 314 g/mol. The minimum atomic E-state index is -3.45. The lowest BCUT2D eigenvalue weighted by Gasteiger charge is -2.02. The van der Waals surface area contributed by atoms with Crippen molar-refractivity contribution in [2.24, 2.45) is 0 Å². The Balaban J connectivity index is 2.00. The van der Waals surface area contributed by atoms with E-state index in [0.29, 0.717) is 10.8 Å². The van der Waals surface area contributed by atoms with Gasteiger partial charge >= 0.3 is 0 Å². The molecule has 0 atom stereocenters. The monoisotopic (exact) mass is 331 g/mol. The van der Waals surface area contributed by atoms with Gasteiger partial charge in [0.05, 0.1) is 17.2 Å². The van der Waals surface area contributed by atoms with Crippen LogP contribution in [-0.2, 0) is 23.1 Å². The van der Waals surface area contributed by atoms with Crippen molar-refractivity contribution in [1.29, 1.82) is 0 Å². The van der Waals surface area contributed by atoms with Gasteiger partial charge in [-0.05, 0) is 25.6 Å². The first-order chi connectivity index (χ1) is 9.51. The van der Waals surface area contributed by atoms with E-state index < -0.39 is 10.0 Å². The van der Waals surface area contributed by atoms with E-state index in [1.807, 2.05) is 25.3 Å². The molecule has 110 valence electrons. The highest BCUT2D eigenvalue weighted by Gasteiger charge is 2.16. The summed E-state index contributed by atoms with van der Waals surface area (Å²) in [7, 11) is -3.45. The molecule has 0 saturated heterocycles. The molecule has 20 heavy (non-hydrogen) atoms. The molecule has 0 spiro atoms. The Morgan fingerprint density at radius 1 is 1.30 bits per heavy atom. The summed E-state index contributed by atoms with van der Waals surface area (Å²) < 4.78 is 27.2. The molecule has 0 aliphatic carbocycles. The van der Waals surface area contributed by atoms with Crippen LogP contribution in [0.15, 0.2) is 21.7 Å². The number of rotatable bonds is 7. The Labute approximate surface area is 127 Å². The number of hydrogen-bond donors (Lipinski definition) is 2. The average Bonchev–Trinajstić information content (AvgIpc) is 3.03. The molecule has 0 unspecified atom stereocenters. The molecule has 2 aromatic heterocycles. The third-order valence-electron chi connectivity index (χ3n) is 2.56. The molecule has 0 bridgehead atoms. The van der Waals surface area contributed by atoms with Crippen LogP contribution in [0.4, 0.5) is 0 Å². The van der Waals surface area contributed by atoms with Crippen LogP contribution in [0, 0.1) is 6.92 Å². The van der Waals surface area contributed by atoms with E-state index in [2.05, 4.69) is 15.0 Å². The number of sulfonamides is 1. The maximum atomic E-state index is 12.2. The summed E-state index contributed by atoms with van der Waals surface area (Å²) in [6.07, 6.45) is 0. The van der Waals surface area contributed by atoms with Crippen LogP contribution >= 0.6 is 22.7 Å². The van der Waals surface area contributed by atoms with Crippen LogP contribution in [-0.4, -0.2) is 19.9 Å². The second-order valence-electron chi connectivity index (χ2n) is 4.18. The third-order valence-corrected chi connectivity index (χ3v) is 6.36. The highest BCUT2D eigenvalue weighted by atomic mass is 32.2. The third kappa shape index (κ3) is 4.10. The molecule has 5 nitrogen and oxygen atoms in total. The summed E-state index contributed by atoms with van der Waals surface area (Å²) in [6.45, 7) is 5.70. The fourth-order valence-electron chi connectivity index (χ4n) is 1.58. The van der Waals surface area contributed by atoms with Crippen LogP contribution in [0.25, 0.3) is 0 Å². The van der Waals surface area contributed by atoms with Crippen LogP contribution < -0.4 is 10.0 Å². The van der Waals surface area contributed by atoms with Crippen molar-refractivity contribution in [2.75, 3.05) is 6.54 Å². The fourth-order valence-corrected chi connectivity index (χ4v) is 4.56. The fraction of sp³-hybridized carbons (Fsp3) is 0.417. The van der Waals surface area contributed by atoms with Crippen LogP contribution in [0.3, 0.4) is 0 Å². The minimum absolute atomic E-state index is 0.229. The van der Waals surface area contributed by atoms with E-state index in [4.69, 9.17) is 0 Å². The molecule has 2 N–H and O–H groups in total. The molecule has 2 aromatic rings. The lowest BCUT2D eigenvalue weighted by atomic mass is 10.4. The van der Waals surface area contributed by atoms with Gasteiger partial charge in [-0.15, -0.1) is 22.7 Å². The SMILES string of the molecule is CCNCc1ccc(S(=O)(=O)NCc2csc(C)n2)s1. The molecule has 0 radical (unpaired) electrons. The zero-order valence-electron chi connectivity index (χ0n) is 11.3. The van der Waals surface area contributed by atoms with Crippen molar-refractivity contribution in [3.05, 3.63) is 33.1 Å². The first-order valence-corrected chi connectivity index (χ1v) is 9.39. The van der Waals surface area contributed by atoms with Gasteiger partial charge in [-0.3, -0.25) is 0 Å². The number of aryl methyl sites for hydroxylation is 1. The summed E-state index contributed by atoms with van der Waals surface area (Å²) in [6, 6.07) is 3.49. The normalized spacial score (nSPS) is 11.9. The molecule has 0 aliphatic heterocycles. The minimum Gasteiger partial charge on any atom is -0.312 e. The highest BCUT2D eigenvalue weighted by molar-refractivity contribution is 7.91. The number of nitrogens with one attached hydrogen (secondary N) is 2. The van der Waals surface area contributed by atoms with E-state index in [-0.39, 0.29) is 6.54 Å². The standard InChI is InChI=1S/C12H17N3O2S3/c1-3-13-7-11-4-5-12(19-11)20(16,17)14-6-10-8-18-9(2)15-10/h4-5,8,13-14H,3,6-7H2,1-2H3. The van der Waals surface area contributed by atoms with Crippen LogP contribution in [0.2, 0.25) is 0 Å². The largest absolute Gasteiger partial charge is 0.312 e. The molecule has 2 heterocycles. The van der Waals surface area contributed by atoms with Gasteiger partial charge < -0.3 is 5.32 Å². The lowest BCUT2D eigenvalue weighted by molar-refractivity contribution is 0.582. The van der Waals surface area contributed by atoms with E-state index in [1.54, 1.807) is 6.07 Å². The van der Waals surface area contributed by atoms with Crippen molar-refractivity contribution in [3.63, 3.8) is 0 Å². The Hall–Kier alpha value is -0.800. The number of hydrogen-bond acceptors (Lipinski definition) is 6. The molecule has 2 rings (SSSR count). The Morgan fingerprint density at radius 2 is 2.10 bits per heavy atom. The van der Waals surface area contributed by atoms with E-state index >= 15 is 0 Å². The predicted molar refractivity (Wildman–Crippen MR) is 82.6 cm³/mol. The number of thiophene rings is 1. The first kappa shape index (κ1) is 15.6. The van der Waals surface area contributed by atoms with Crippen LogP contribution in [0.1, 0.15) is 22.5 Å². The van der Waals surface area contributed by atoms with Crippen LogP contribution in [0.5, 0.6) is 0 Å². The summed E-state index contributed by atoms with van der Waals surface area (Å²) in [5.74, 6) is 0. The molecular formula is C12H17N3O2S3. The summed E-state index contributed by atoms with van der Waals surface area (Å²) >= 11 is 2.80. The van der Waals surface area contributed by atoms with Gasteiger partial charge in [0.1, 0.15) is 4.21 Å². The zero-order valence-corrected chi connectivity index (χ0v) is 13.8. The number of thiazole rings is 1. The van der Waals surface area contributed by atoms with E-state index in [0.717, 1.165) is 22.1 Å². The molecule has 0 saturated carbocycles. The first-order valence-electron chi connectivity index (χ1n) is 6.21. The Morgan fingerprint density at radius 3 is 2.75 bits per heavy atom. The van der Waals surface area contributed by atoms with E-state index in [1.165, 1.54) is 22.7 Å². The van der Waals surface area contributed by atoms with Crippen molar-refractivity contribution < 1.29 is 8.42 Å². The quantitative estimate of drug-likeness (QED) is 0.815. The highest BCUT2D eigenvalue weighted by Crippen LogP contribution is 2.21. The second kappa shape index (κ2) is 6.77. The topological polar surface area (TPSA) is 71.1 Å². The number of nitrogens with zero attached hydrogens (tertiary/aromatic N) is 1. The summed E-state index contributed by atoms with van der Waals surface area (Å²) in [5, 5.41) is 5.97. The van der Waals surface area contributed by atoms with Crippen molar-refractivity contribution in [1.82, 2.24) is 15.0 Å². The summed E-state index contributed by atoms with van der Waals surface area (Å²) in [4.78, 5) is 5.25. The second-order valence-corrected chi connectivity index (χ2v) is 8.41. The van der Waals surface area contributed by atoms with Gasteiger partial charge in [0.15, 0.2) is 0 Å². The van der Waals surface area contributed by atoms with Gasteiger partial charge in [0.2, 0.25) is 10.0 Å². The molecule has 0 amide bonds. The maximum Gasteiger partial charge on any atom is 0.250 e. The smallest absolute Gasteiger partial charge is 0.250 e. The van der Waals surface area contributed by atoms with Gasteiger partial charge in [-0.2, -0.15) is 0 Å². The Bertz CT molecular complexity index is 661. The predicted octanol–water partition coefficient (Wildman–Crippen LogP) is 2.10. The van der Waals surface area contributed by atoms with Crippen molar-refractivity contribution in [3.8, 4) is 0 Å². The number of aromatic nitrogens is 1. The molecule has 0 aliphatic rings. The van der Waals surface area contributed by atoms with Gasteiger partial charge in [-0.25, -0.2) is 18.1 Å². The molecule has 8 heteroatoms. The molecule has 0 fully saturated rings. The van der Waals surface area contributed by atoms with Crippen molar-refractivity contribution in [2.45, 2.75) is 31.1 Å². The zero-order chi connectivity index (χ0) is 14.6. The van der Waals surface area contributed by atoms with Crippen molar-refractivity contribution >= 4 is 32.7 Å². The molecule has 0 aromatic carbocycles. The summed E-state index contributed by atoms with van der Waals surface area (Å²) in [5.41, 5.74) is 0.750. The average molecular weight is 331 g/mol. The lowest BCUT2D eigenvalue weighted by Crippen LogP contribution is -2.22. The maximum absolute atomic E-state index is 12.2. The van der Waals surface area contributed by atoms with Gasteiger partial charge in [0.25, 0.3) is 0 Å².